The van der Waals surface area contributed by atoms with Crippen LogP contribution >= 0.6 is 11.6 Å². The van der Waals surface area contributed by atoms with Crippen LogP contribution in [0.25, 0.3) is 0 Å². The number of amides is 3. The molecule has 2 rings (SSSR count). The normalized spacial score (nSPS) is 10.0. The standard InChI is InChI=1S/C18H18ClN3O3/c1-22(2)18(25)12-7-9-13(10-8-12)21-16(23)11-20-17(24)14-5-3-4-6-15(14)19/h3-10H,11H2,1-2H3,(H,20,24)(H,21,23). The molecule has 0 spiro atoms. The second kappa shape index (κ2) is 8.30. The Morgan fingerprint density at radius 1 is 1.00 bits per heavy atom. The number of anilines is 1. The van der Waals surface area contributed by atoms with Crippen LogP contribution in [-0.2, 0) is 4.79 Å². The summed E-state index contributed by atoms with van der Waals surface area (Å²) in [7, 11) is 3.33. The maximum atomic E-state index is 12.0. The van der Waals surface area contributed by atoms with Crippen LogP contribution in [0.5, 0.6) is 0 Å². The zero-order valence-corrected chi connectivity index (χ0v) is 14.6. The van der Waals surface area contributed by atoms with Gasteiger partial charge in [0.15, 0.2) is 0 Å². The number of nitrogens with one attached hydrogen (secondary N) is 2. The molecule has 0 fully saturated rings. The summed E-state index contributed by atoms with van der Waals surface area (Å²) in [5, 5.41) is 5.48. The molecule has 7 heteroatoms. The highest BCUT2D eigenvalue weighted by molar-refractivity contribution is 6.33. The van der Waals surface area contributed by atoms with Gasteiger partial charge < -0.3 is 15.5 Å². The molecule has 2 aromatic carbocycles. The van der Waals surface area contributed by atoms with Gasteiger partial charge in [-0.05, 0) is 36.4 Å². The first kappa shape index (κ1) is 18.5. The van der Waals surface area contributed by atoms with Gasteiger partial charge in [-0.2, -0.15) is 0 Å². The number of nitrogens with zero attached hydrogens (tertiary/aromatic N) is 1. The van der Waals surface area contributed by atoms with Crippen LogP contribution in [0, 0.1) is 0 Å². The maximum Gasteiger partial charge on any atom is 0.253 e. The van der Waals surface area contributed by atoms with Gasteiger partial charge in [-0.25, -0.2) is 0 Å². The minimum absolute atomic E-state index is 0.120. The van der Waals surface area contributed by atoms with Gasteiger partial charge in [-0.1, -0.05) is 23.7 Å². The fraction of sp³-hybridized carbons (Fsp3) is 0.167. The summed E-state index contributed by atoms with van der Waals surface area (Å²) < 4.78 is 0. The zero-order chi connectivity index (χ0) is 18.4. The van der Waals surface area contributed by atoms with Gasteiger partial charge in [-0.3, -0.25) is 14.4 Å². The summed E-state index contributed by atoms with van der Waals surface area (Å²) in [6.07, 6.45) is 0. The third-order valence-corrected chi connectivity index (χ3v) is 3.68. The first-order valence-corrected chi connectivity index (χ1v) is 7.90. The molecule has 0 aliphatic carbocycles. The molecule has 130 valence electrons. The van der Waals surface area contributed by atoms with E-state index in [1.807, 2.05) is 0 Å². The van der Waals surface area contributed by atoms with E-state index in [0.29, 0.717) is 21.8 Å². The van der Waals surface area contributed by atoms with Crippen molar-refractivity contribution in [1.82, 2.24) is 10.2 Å². The molecule has 0 aromatic heterocycles. The molecule has 0 heterocycles. The van der Waals surface area contributed by atoms with E-state index in [-0.39, 0.29) is 18.4 Å². The fourth-order valence-corrected chi connectivity index (χ4v) is 2.28. The molecule has 2 aromatic rings. The number of hydrogen-bond donors (Lipinski definition) is 2. The number of hydrogen-bond acceptors (Lipinski definition) is 3. The van der Waals surface area contributed by atoms with E-state index >= 15 is 0 Å². The first-order valence-electron chi connectivity index (χ1n) is 7.53. The third kappa shape index (κ3) is 5.06. The Morgan fingerprint density at radius 2 is 1.64 bits per heavy atom. The Hall–Kier alpha value is -2.86. The van der Waals surface area contributed by atoms with Crippen LogP contribution in [0.4, 0.5) is 5.69 Å². The molecular formula is C18H18ClN3O3. The molecule has 0 atom stereocenters. The van der Waals surface area contributed by atoms with Gasteiger partial charge in [0, 0.05) is 25.3 Å². The highest BCUT2D eigenvalue weighted by atomic mass is 35.5. The molecule has 0 saturated heterocycles. The van der Waals surface area contributed by atoms with E-state index in [4.69, 9.17) is 11.6 Å². The monoisotopic (exact) mass is 359 g/mol. The van der Waals surface area contributed by atoms with Gasteiger partial charge in [0.05, 0.1) is 17.1 Å². The molecule has 2 N–H and O–H groups in total. The lowest BCUT2D eigenvalue weighted by atomic mass is 10.2. The van der Waals surface area contributed by atoms with Crippen molar-refractivity contribution in [2.45, 2.75) is 0 Å². The summed E-state index contributed by atoms with van der Waals surface area (Å²) in [4.78, 5) is 37.2. The Morgan fingerprint density at radius 3 is 2.24 bits per heavy atom. The average Bonchev–Trinajstić information content (AvgIpc) is 2.60. The van der Waals surface area contributed by atoms with Crippen molar-refractivity contribution < 1.29 is 14.4 Å². The quantitative estimate of drug-likeness (QED) is 0.860. The largest absolute Gasteiger partial charge is 0.345 e. The van der Waals surface area contributed by atoms with Gasteiger partial charge in [-0.15, -0.1) is 0 Å². The highest BCUT2D eigenvalue weighted by Crippen LogP contribution is 2.14. The van der Waals surface area contributed by atoms with E-state index in [1.54, 1.807) is 62.6 Å². The van der Waals surface area contributed by atoms with Gasteiger partial charge in [0.1, 0.15) is 0 Å². The second-order valence-electron chi connectivity index (χ2n) is 5.49. The van der Waals surface area contributed by atoms with Gasteiger partial charge >= 0.3 is 0 Å². The Balaban J connectivity index is 1.89. The smallest absolute Gasteiger partial charge is 0.253 e. The Labute approximate surface area is 150 Å². The Kier molecular flexibility index (Phi) is 6.14. The topological polar surface area (TPSA) is 78.5 Å². The zero-order valence-electron chi connectivity index (χ0n) is 13.9. The lowest BCUT2D eigenvalue weighted by Gasteiger charge is -2.11. The van der Waals surface area contributed by atoms with Crippen molar-refractivity contribution >= 4 is 35.0 Å². The van der Waals surface area contributed by atoms with Crippen molar-refractivity contribution in [2.24, 2.45) is 0 Å². The van der Waals surface area contributed by atoms with Crippen molar-refractivity contribution in [2.75, 3.05) is 26.0 Å². The van der Waals surface area contributed by atoms with Gasteiger partial charge in [0.25, 0.3) is 11.8 Å². The van der Waals surface area contributed by atoms with Crippen LogP contribution in [0.3, 0.4) is 0 Å². The van der Waals surface area contributed by atoms with Gasteiger partial charge in [0.2, 0.25) is 5.91 Å². The molecule has 0 saturated carbocycles. The summed E-state index contributed by atoms with van der Waals surface area (Å²) in [6.45, 7) is -0.192. The summed E-state index contributed by atoms with van der Waals surface area (Å²) in [5.41, 5.74) is 1.37. The average molecular weight is 360 g/mol. The lowest BCUT2D eigenvalue weighted by Crippen LogP contribution is -2.33. The summed E-state index contributed by atoms with van der Waals surface area (Å²) >= 11 is 5.93. The van der Waals surface area contributed by atoms with E-state index in [1.165, 1.54) is 4.90 Å². The van der Waals surface area contributed by atoms with Crippen molar-refractivity contribution in [3.63, 3.8) is 0 Å². The molecule has 0 aliphatic rings. The van der Waals surface area contributed by atoms with E-state index < -0.39 is 5.91 Å². The summed E-state index contributed by atoms with van der Waals surface area (Å²) in [6, 6.07) is 13.1. The molecular weight excluding hydrogens is 342 g/mol. The second-order valence-corrected chi connectivity index (χ2v) is 5.89. The Bertz CT molecular complexity index is 788. The number of benzene rings is 2. The predicted octanol–water partition coefficient (Wildman–Crippen LogP) is 2.41. The number of carbonyl (C=O) groups is 3. The van der Waals surface area contributed by atoms with Crippen molar-refractivity contribution in [3.8, 4) is 0 Å². The third-order valence-electron chi connectivity index (χ3n) is 3.35. The fourth-order valence-electron chi connectivity index (χ4n) is 2.06. The molecule has 6 nitrogen and oxygen atoms in total. The minimum Gasteiger partial charge on any atom is -0.345 e. The van der Waals surface area contributed by atoms with Crippen molar-refractivity contribution in [1.29, 1.82) is 0 Å². The molecule has 0 radical (unpaired) electrons. The molecule has 3 amide bonds. The van der Waals surface area contributed by atoms with Crippen LogP contribution in [0.1, 0.15) is 20.7 Å². The van der Waals surface area contributed by atoms with E-state index in [2.05, 4.69) is 10.6 Å². The minimum atomic E-state index is -0.423. The number of rotatable bonds is 5. The van der Waals surface area contributed by atoms with Crippen LogP contribution in [-0.4, -0.2) is 43.3 Å². The molecule has 25 heavy (non-hydrogen) atoms. The van der Waals surface area contributed by atoms with E-state index in [9.17, 15) is 14.4 Å². The lowest BCUT2D eigenvalue weighted by molar-refractivity contribution is -0.115. The van der Waals surface area contributed by atoms with Crippen molar-refractivity contribution in [3.05, 3.63) is 64.7 Å². The van der Waals surface area contributed by atoms with E-state index in [0.717, 1.165) is 0 Å². The predicted molar refractivity (Wildman–Crippen MR) is 96.9 cm³/mol. The van der Waals surface area contributed by atoms with Crippen LogP contribution in [0.2, 0.25) is 5.02 Å². The molecule has 0 bridgehead atoms. The number of halogens is 1. The maximum absolute atomic E-state index is 12.0. The SMILES string of the molecule is CN(C)C(=O)c1ccc(NC(=O)CNC(=O)c2ccccc2Cl)cc1. The summed E-state index contributed by atoms with van der Waals surface area (Å²) in [5.74, 6) is -0.926. The number of carbonyl (C=O) groups excluding carboxylic acids is 3. The van der Waals surface area contributed by atoms with Crippen LogP contribution in [0.15, 0.2) is 48.5 Å². The molecule has 0 aliphatic heterocycles. The first-order chi connectivity index (χ1) is 11.9. The highest BCUT2D eigenvalue weighted by Gasteiger charge is 2.12. The molecule has 0 unspecified atom stereocenters. The van der Waals surface area contributed by atoms with Crippen LogP contribution < -0.4 is 10.6 Å².